The lowest BCUT2D eigenvalue weighted by atomic mass is 10.1. The molecule has 0 fully saturated rings. The Morgan fingerprint density at radius 3 is 2.42 bits per heavy atom. The molecule has 0 aliphatic carbocycles. The Morgan fingerprint density at radius 2 is 1.64 bits per heavy atom. The molecule has 5 aromatic rings. The highest BCUT2D eigenvalue weighted by molar-refractivity contribution is 8.00. The molecule has 226 valence electrons. The Hall–Kier alpha value is -4.48. The number of hydrogen-bond donors (Lipinski definition) is 3. The van der Waals surface area contributed by atoms with Crippen molar-refractivity contribution in [2.75, 3.05) is 16.4 Å². The van der Waals surface area contributed by atoms with Crippen molar-refractivity contribution in [3.63, 3.8) is 0 Å². The summed E-state index contributed by atoms with van der Waals surface area (Å²) in [6.07, 6.45) is 1.45. The molecule has 3 N–H and O–H groups in total. The average Bonchev–Trinajstić information content (AvgIpc) is 3.51. The molecule has 5 rings (SSSR count). The van der Waals surface area contributed by atoms with Gasteiger partial charge in [-0.15, -0.1) is 23.1 Å². The van der Waals surface area contributed by atoms with Crippen molar-refractivity contribution in [2.45, 2.75) is 4.90 Å². The Balaban J connectivity index is 1.24. The predicted molar refractivity (Wildman–Crippen MR) is 180 cm³/mol. The minimum Gasteiger partial charge on any atom is -0.321 e. The van der Waals surface area contributed by atoms with E-state index < -0.39 is 11.8 Å². The molecule has 12 heteroatoms. The fourth-order valence-corrected chi connectivity index (χ4v) is 5.83. The molecular weight excluding hydrogens is 654 g/mol. The van der Waals surface area contributed by atoms with Crippen LogP contribution in [0.1, 0.15) is 15.9 Å². The SMILES string of the molecule is O=C(CSc1cccc(NC(=O)/C(=C\c2cccc(Cl)c2Cl)NC(=O)c2ccccc2)c1)Nc1nc(-c2ccc(F)cc2)cs1. The van der Waals surface area contributed by atoms with E-state index in [1.807, 2.05) is 6.07 Å². The van der Waals surface area contributed by atoms with Crippen LogP contribution in [-0.2, 0) is 9.59 Å². The van der Waals surface area contributed by atoms with Crippen LogP contribution < -0.4 is 16.0 Å². The molecule has 0 atom stereocenters. The van der Waals surface area contributed by atoms with E-state index >= 15 is 0 Å². The van der Waals surface area contributed by atoms with Crippen LogP contribution in [0.15, 0.2) is 113 Å². The summed E-state index contributed by atoms with van der Waals surface area (Å²) in [4.78, 5) is 44.1. The van der Waals surface area contributed by atoms with Crippen LogP contribution in [0.2, 0.25) is 10.0 Å². The van der Waals surface area contributed by atoms with E-state index in [0.717, 1.165) is 10.5 Å². The van der Waals surface area contributed by atoms with Crippen molar-refractivity contribution >= 4 is 80.9 Å². The molecule has 0 unspecified atom stereocenters. The van der Waals surface area contributed by atoms with E-state index in [-0.39, 0.29) is 28.2 Å². The smallest absolute Gasteiger partial charge is 0.272 e. The van der Waals surface area contributed by atoms with E-state index in [1.54, 1.807) is 84.2 Å². The summed E-state index contributed by atoms with van der Waals surface area (Å²) in [7, 11) is 0. The largest absolute Gasteiger partial charge is 0.321 e. The van der Waals surface area contributed by atoms with Crippen molar-refractivity contribution in [3.8, 4) is 11.3 Å². The van der Waals surface area contributed by atoms with Gasteiger partial charge in [-0.2, -0.15) is 0 Å². The standard InChI is InChI=1S/C33H23Cl2FN4O3S2/c34-26-11-4-8-22(30(26)35)16-27(38-31(42)21-6-2-1-3-7-21)32(43)37-24-9-5-10-25(17-24)44-19-29(41)40-33-39-28(18-45-33)20-12-14-23(36)15-13-20/h1-18H,19H2,(H,37,43)(H,38,42)(H,39,40,41)/b27-16+. The van der Waals surface area contributed by atoms with Gasteiger partial charge in [-0.05, 0) is 72.3 Å². The van der Waals surface area contributed by atoms with E-state index in [9.17, 15) is 18.8 Å². The van der Waals surface area contributed by atoms with Gasteiger partial charge in [0.2, 0.25) is 5.91 Å². The number of rotatable bonds is 10. The van der Waals surface area contributed by atoms with Gasteiger partial charge in [0.05, 0.1) is 21.5 Å². The zero-order valence-electron chi connectivity index (χ0n) is 23.2. The maximum Gasteiger partial charge on any atom is 0.272 e. The number of hydrogen-bond acceptors (Lipinski definition) is 6. The predicted octanol–water partition coefficient (Wildman–Crippen LogP) is 8.40. The normalized spacial score (nSPS) is 11.1. The summed E-state index contributed by atoms with van der Waals surface area (Å²) >= 11 is 15.1. The maximum absolute atomic E-state index is 13.4. The zero-order valence-corrected chi connectivity index (χ0v) is 26.4. The van der Waals surface area contributed by atoms with E-state index in [4.69, 9.17) is 23.2 Å². The van der Waals surface area contributed by atoms with Crippen molar-refractivity contribution in [1.82, 2.24) is 10.3 Å². The van der Waals surface area contributed by atoms with Gasteiger partial charge in [0.15, 0.2) is 5.13 Å². The molecule has 0 spiro atoms. The molecule has 4 aromatic carbocycles. The first-order chi connectivity index (χ1) is 21.7. The van der Waals surface area contributed by atoms with E-state index in [1.165, 1.54) is 41.3 Å². The summed E-state index contributed by atoms with van der Waals surface area (Å²) < 4.78 is 13.2. The van der Waals surface area contributed by atoms with Crippen LogP contribution in [0, 0.1) is 5.82 Å². The summed E-state index contributed by atoms with van der Waals surface area (Å²) in [5.41, 5.74) is 2.60. The highest BCUT2D eigenvalue weighted by atomic mass is 35.5. The van der Waals surface area contributed by atoms with Crippen LogP contribution in [0.3, 0.4) is 0 Å². The number of carbonyl (C=O) groups excluding carboxylic acids is 3. The average molecular weight is 678 g/mol. The molecular formula is C33H23Cl2FN4O3S2. The highest BCUT2D eigenvalue weighted by Gasteiger charge is 2.17. The van der Waals surface area contributed by atoms with Crippen molar-refractivity contribution in [2.24, 2.45) is 0 Å². The fraction of sp³-hybridized carbons (Fsp3) is 0.0303. The summed E-state index contributed by atoms with van der Waals surface area (Å²) in [6.45, 7) is 0. The van der Waals surface area contributed by atoms with Gasteiger partial charge in [-0.3, -0.25) is 14.4 Å². The second kappa shape index (κ2) is 15.0. The van der Waals surface area contributed by atoms with Gasteiger partial charge >= 0.3 is 0 Å². The number of nitrogens with one attached hydrogen (secondary N) is 3. The molecule has 45 heavy (non-hydrogen) atoms. The quantitative estimate of drug-likeness (QED) is 0.102. The van der Waals surface area contributed by atoms with Crippen LogP contribution in [0.25, 0.3) is 17.3 Å². The molecule has 0 aliphatic rings. The monoisotopic (exact) mass is 676 g/mol. The molecule has 0 radical (unpaired) electrons. The molecule has 7 nitrogen and oxygen atoms in total. The summed E-state index contributed by atoms with van der Waals surface area (Å²) in [5, 5.41) is 11.0. The topological polar surface area (TPSA) is 100 Å². The van der Waals surface area contributed by atoms with Crippen LogP contribution in [0.5, 0.6) is 0 Å². The van der Waals surface area contributed by atoms with Crippen molar-refractivity contribution < 1.29 is 18.8 Å². The first kappa shape index (κ1) is 31.9. The number of anilines is 2. The van der Waals surface area contributed by atoms with Gasteiger partial charge in [-0.1, -0.05) is 59.6 Å². The lowest BCUT2D eigenvalue weighted by molar-refractivity contribution is -0.114. The Bertz CT molecular complexity index is 1880. The number of nitrogens with zero attached hydrogens (tertiary/aromatic N) is 1. The van der Waals surface area contributed by atoms with Gasteiger partial charge in [0.1, 0.15) is 11.5 Å². The fourth-order valence-electron chi connectivity index (χ4n) is 3.98. The minimum absolute atomic E-state index is 0.0473. The zero-order chi connectivity index (χ0) is 31.8. The Morgan fingerprint density at radius 1 is 0.889 bits per heavy atom. The van der Waals surface area contributed by atoms with Crippen molar-refractivity contribution in [1.29, 1.82) is 0 Å². The maximum atomic E-state index is 13.4. The summed E-state index contributed by atoms with van der Waals surface area (Å²) in [5.74, 6) is -1.57. The minimum atomic E-state index is -0.587. The van der Waals surface area contributed by atoms with Crippen LogP contribution >= 0.6 is 46.3 Å². The lowest BCUT2D eigenvalue weighted by Crippen LogP contribution is -2.30. The molecule has 0 saturated carbocycles. The third-order valence-corrected chi connectivity index (χ3v) is 8.75. The van der Waals surface area contributed by atoms with Gasteiger partial charge in [0, 0.05) is 27.1 Å². The number of thiazole rings is 1. The Kier molecular flexibility index (Phi) is 10.6. The van der Waals surface area contributed by atoms with E-state index in [2.05, 4.69) is 20.9 Å². The lowest BCUT2D eigenvalue weighted by Gasteiger charge is -2.13. The number of carbonyl (C=O) groups is 3. The van der Waals surface area contributed by atoms with Gasteiger partial charge < -0.3 is 16.0 Å². The number of benzene rings is 4. The number of amides is 3. The van der Waals surface area contributed by atoms with Gasteiger partial charge in [0.25, 0.3) is 11.8 Å². The molecule has 1 aromatic heterocycles. The van der Waals surface area contributed by atoms with Crippen LogP contribution in [0.4, 0.5) is 15.2 Å². The summed E-state index contributed by atoms with van der Waals surface area (Å²) in [6, 6.07) is 26.4. The third-order valence-electron chi connectivity index (χ3n) is 6.16. The van der Waals surface area contributed by atoms with Crippen molar-refractivity contribution in [3.05, 3.63) is 135 Å². The first-order valence-corrected chi connectivity index (χ1v) is 15.9. The molecule has 0 saturated heterocycles. The molecule has 0 aliphatic heterocycles. The first-order valence-electron chi connectivity index (χ1n) is 13.3. The number of halogens is 3. The number of aromatic nitrogens is 1. The van der Waals surface area contributed by atoms with Crippen LogP contribution in [-0.4, -0.2) is 28.5 Å². The number of thioether (sulfide) groups is 1. The van der Waals surface area contributed by atoms with E-state index in [0.29, 0.717) is 32.7 Å². The highest BCUT2D eigenvalue weighted by Crippen LogP contribution is 2.28. The van der Waals surface area contributed by atoms with Gasteiger partial charge in [-0.25, -0.2) is 9.37 Å². The second-order valence-electron chi connectivity index (χ2n) is 9.38. The third kappa shape index (κ3) is 8.80. The molecule has 0 bridgehead atoms. The Labute approximate surface area is 276 Å². The molecule has 3 amide bonds. The molecule has 1 heterocycles. The second-order valence-corrected chi connectivity index (χ2v) is 12.1.